The van der Waals surface area contributed by atoms with Gasteiger partial charge in [-0.3, -0.25) is 4.79 Å². The predicted octanol–water partition coefficient (Wildman–Crippen LogP) is 4.64. The van der Waals surface area contributed by atoms with Gasteiger partial charge in [-0.1, -0.05) is 44.2 Å². The zero-order chi connectivity index (χ0) is 18.2. The summed E-state index contributed by atoms with van der Waals surface area (Å²) in [5.41, 5.74) is 6.43. The van der Waals surface area contributed by atoms with Crippen molar-refractivity contribution in [2.45, 2.75) is 26.7 Å². The van der Waals surface area contributed by atoms with Gasteiger partial charge >= 0.3 is 0 Å². The maximum absolute atomic E-state index is 12.0. The van der Waals surface area contributed by atoms with E-state index in [2.05, 4.69) is 48.6 Å². The number of carbonyl (C=O) groups excluding carboxylic acids is 1. The highest BCUT2D eigenvalue weighted by atomic mass is 16.5. The van der Waals surface area contributed by atoms with Crippen molar-refractivity contribution in [2.24, 2.45) is 5.10 Å². The Labute approximate surface area is 149 Å². The van der Waals surface area contributed by atoms with Gasteiger partial charge in [-0.05, 0) is 53.8 Å². The van der Waals surface area contributed by atoms with E-state index in [1.54, 1.807) is 37.6 Å². The van der Waals surface area contributed by atoms with E-state index in [0.29, 0.717) is 17.2 Å². The molecule has 25 heavy (non-hydrogen) atoms. The number of carbonyl (C=O) groups is 1. The number of benzene rings is 2. The maximum atomic E-state index is 12.0. The second kappa shape index (κ2) is 8.83. The summed E-state index contributed by atoms with van der Waals surface area (Å²) in [6.07, 6.45) is 3.66. The van der Waals surface area contributed by atoms with E-state index in [9.17, 15) is 4.79 Å². The van der Waals surface area contributed by atoms with E-state index in [0.717, 1.165) is 11.1 Å². The number of methoxy groups -OCH3 is 1. The smallest absolute Gasteiger partial charge is 0.271 e. The molecule has 0 atom stereocenters. The largest absolute Gasteiger partial charge is 0.497 e. The lowest BCUT2D eigenvalue weighted by molar-refractivity contribution is 0.0955. The molecule has 4 heteroatoms. The van der Waals surface area contributed by atoms with E-state index in [1.807, 2.05) is 13.0 Å². The van der Waals surface area contributed by atoms with Gasteiger partial charge in [0.2, 0.25) is 0 Å². The summed E-state index contributed by atoms with van der Waals surface area (Å²) in [6, 6.07) is 15.3. The first-order valence-corrected chi connectivity index (χ1v) is 8.25. The standard InChI is InChI=1S/C21H24N2O2/c1-15(2)18-7-5-17(6-8-18)13-16(3)14-22-23-21(24)19-9-11-20(25-4)12-10-19/h5-15H,1-4H3,(H,23,24). The van der Waals surface area contributed by atoms with Crippen LogP contribution in [0.15, 0.2) is 59.2 Å². The molecule has 1 amide bonds. The minimum absolute atomic E-state index is 0.256. The van der Waals surface area contributed by atoms with Gasteiger partial charge < -0.3 is 4.74 Å². The first-order chi connectivity index (χ1) is 12.0. The monoisotopic (exact) mass is 336 g/mol. The molecule has 2 aromatic rings. The molecule has 4 nitrogen and oxygen atoms in total. The molecule has 0 saturated heterocycles. The molecule has 0 radical (unpaired) electrons. The van der Waals surface area contributed by atoms with Crippen molar-refractivity contribution in [3.8, 4) is 5.75 Å². The molecule has 0 unspecified atom stereocenters. The number of nitrogens with one attached hydrogen (secondary N) is 1. The van der Waals surface area contributed by atoms with Crippen LogP contribution in [0.2, 0.25) is 0 Å². The molecule has 2 rings (SSSR count). The third kappa shape index (κ3) is 5.60. The Hall–Kier alpha value is -2.88. The summed E-state index contributed by atoms with van der Waals surface area (Å²) in [4.78, 5) is 12.0. The molecule has 0 saturated carbocycles. The topological polar surface area (TPSA) is 50.7 Å². The summed E-state index contributed by atoms with van der Waals surface area (Å²) in [7, 11) is 1.59. The fourth-order valence-corrected chi connectivity index (χ4v) is 2.28. The third-order valence-corrected chi connectivity index (χ3v) is 3.78. The van der Waals surface area contributed by atoms with Crippen molar-refractivity contribution in [1.82, 2.24) is 5.43 Å². The third-order valence-electron chi connectivity index (χ3n) is 3.78. The summed E-state index contributed by atoms with van der Waals surface area (Å²) in [5, 5.41) is 4.01. The number of amides is 1. The van der Waals surface area contributed by atoms with E-state index < -0.39 is 0 Å². The molecule has 130 valence electrons. The summed E-state index contributed by atoms with van der Waals surface area (Å²) in [6.45, 7) is 6.29. The summed E-state index contributed by atoms with van der Waals surface area (Å²) >= 11 is 0. The summed E-state index contributed by atoms with van der Waals surface area (Å²) in [5.74, 6) is 0.976. The van der Waals surface area contributed by atoms with Gasteiger partial charge in [-0.2, -0.15) is 5.10 Å². The van der Waals surface area contributed by atoms with E-state index in [1.165, 1.54) is 5.56 Å². The Morgan fingerprint density at radius 2 is 1.72 bits per heavy atom. The van der Waals surface area contributed by atoms with Gasteiger partial charge in [0.05, 0.1) is 13.3 Å². The molecule has 0 bridgehead atoms. The van der Waals surface area contributed by atoms with Gasteiger partial charge in [0.25, 0.3) is 5.91 Å². The fourth-order valence-electron chi connectivity index (χ4n) is 2.28. The van der Waals surface area contributed by atoms with Crippen molar-refractivity contribution in [3.63, 3.8) is 0 Å². The zero-order valence-electron chi connectivity index (χ0n) is 15.1. The van der Waals surface area contributed by atoms with Crippen molar-refractivity contribution in [3.05, 3.63) is 70.8 Å². The minimum Gasteiger partial charge on any atom is -0.497 e. The minimum atomic E-state index is -0.256. The van der Waals surface area contributed by atoms with Gasteiger partial charge in [-0.25, -0.2) is 5.43 Å². The molecular weight excluding hydrogens is 312 g/mol. The molecule has 0 aliphatic rings. The van der Waals surface area contributed by atoms with Crippen LogP contribution >= 0.6 is 0 Å². The molecule has 0 spiro atoms. The van der Waals surface area contributed by atoms with Crippen LogP contribution in [0.25, 0.3) is 6.08 Å². The molecule has 0 aromatic heterocycles. The van der Waals surface area contributed by atoms with E-state index in [-0.39, 0.29) is 5.91 Å². The highest BCUT2D eigenvalue weighted by molar-refractivity contribution is 5.95. The molecule has 0 heterocycles. The van der Waals surface area contributed by atoms with Crippen molar-refractivity contribution >= 4 is 18.2 Å². The van der Waals surface area contributed by atoms with E-state index in [4.69, 9.17) is 4.74 Å². The lowest BCUT2D eigenvalue weighted by Gasteiger charge is -2.05. The van der Waals surface area contributed by atoms with Crippen LogP contribution in [0.3, 0.4) is 0 Å². The number of hydrogen-bond acceptors (Lipinski definition) is 3. The number of hydrogen-bond donors (Lipinski definition) is 1. The van der Waals surface area contributed by atoms with Crippen molar-refractivity contribution in [2.75, 3.05) is 7.11 Å². The molecular formula is C21H24N2O2. The zero-order valence-corrected chi connectivity index (χ0v) is 15.1. The molecule has 2 aromatic carbocycles. The Morgan fingerprint density at radius 3 is 2.28 bits per heavy atom. The fraction of sp³-hybridized carbons (Fsp3) is 0.238. The molecule has 1 N–H and O–H groups in total. The SMILES string of the molecule is COc1ccc(C(=O)NN=CC(C)=Cc2ccc(C(C)C)cc2)cc1. The lowest BCUT2D eigenvalue weighted by Crippen LogP contribution is -2.17. The van der Waals surface area contributed by atoms with Gasteiger partial charge in [-0.15, -0.1) is 0 Å². The second-order valence-electron chi connectivity index (χ2n) is 6.14. The van der Waals surface area contributed by atoms with Crippen LogP contribution in [0, 0.1) is 0 Å². The normalized spacial score (nSPS) is 11.8. The van der Waals surface area contributed by atoms with Gasteiger partial charge in [0.15, 0.2) is 0 Å². The number of rotatable bonds is 6. The Kier molecular flexibility index (Phi) is 6.52. The first kappa shape index (κ1) is 18.5. The molecule has 0 aliphatic carbocycles. The van der Waals surface area contributed by atoms with Crippen molar-refractivity contribution in [1.29, 1.82) is 0 Å². The second-order valence-corrected chi connectivity index (χ2v) is 6.14. The first-order valence-electron chi connectivity index (χ1n) is 8.25. The van der Waals surface area contributed by atoms with Crippen LogP contribution in [0.4, 0.5) is 0 Å². The van der Waals surface area contributed by atoms with Crippen LogP contribution in [0.5, 0.6) is 5.75 Å². The van der Waals surface area contributed by atoms with Crippen LogP contribution in [0.1, 0.15) is 48.2 Å². The Balaban J connectivity index is 1.94. The molecule has 0 fully saturated rings. The number of allylic oxidation sites excluding steroid dienone is 1. The van der Waals surface area contributed by atoms with E-state index >= 15 is 0 Å². The molecule has 0 aliphatic heterocycles. The van der Waals surface area contributed by atoms with Crippen LogP contribution in [-0.4, -0.2) is 19.2 Å². The van der Waals surface area contributed by atoms with Crippen LogP contribution < -0.4 is 10.2 Å². The average molecular weight is 336 g/mol. The number of nitrogens with zero attached hydrogens (tertiary/aromatic N) is 1. The summed E-state index contributed by atoms with van der Waals surface area (Å²) < 4.78 is 5.07. The lowest BCUT2D eigenvalue weighted by atomic mass is 10.0. The number of hydrazone groups is 1. The van der Waals surface area contributed by atoms with Crippen molar-refractivity contribution < 1.29 is 9.53 Å². The Bertz CT molecular complexity index is 757. The Morgan fingerprint density at radius 1 is 1.08 bits per heavy atom. The maximum Gasteiger partial charge on any atom is 0.271 e. The highest BCUT2D eigenvalue weighted by Crippen LogP contribution is 2.16. The highest BCUT2D eigenvalue weighted by Gasteiger charge is 2.03. The quantitative estimate of drug-likeness (QED) is 0.617. The predicted molar refractivity (Wildman–Crippen MR) is 103 cm³/mol. The van der Waals surface area contributed by atoms with Gasteiger partial charge in [0, 0.05) is 5.56 Å². The average Bonchev–Trinajstić information content (AvgIpc) is 2.62. The van der Waals surface area contributed by atoms with Gasteiger partial charge in [0.1, 0.15) is 5.75 Å². The van der Waals surface area contributed by atoms with Crippen LogP contribution in [-0.2, 0) is 0 Å². The number of ether oxygens (including phenoxy) is 1.